The summed E-state index contributed by atoms with van der Waals surface area (Å²) in [5, 5.41) is 29.1. The number of halogens is 5. The van der Waals surface area contributed by atoms with E-state index in [1.54, 1.807) is 64.1 Å². The van der Waals surface area contributed by atoms with Crippen molar-refractivity contribution in [3.63, 3.8) is 0 Å². The molecule has 1 aliphatic carbocycles. The number of nitriles is 1. The first-order valence-corrected chi connectivity index (χ1v) is 39.0. The number of esters is 1. The molecule has 4 heterocycles. The number of hydrogen-bond acceptors (Lipinski definition) is 18. The maximum absolute atomic E-state index is 12.7. The molecule has 7 rings (SSSR count). The SMILES string of the molecule is CC(=O)O.CC1(C)OC[C@@H]2O[C@@]3(C(=O)[O-])OC(C)(C)O[C@H]3[C@@H]2O1.CC1CN(C2CCCCCCCCCCC2)CC(C)O1.CCCCCCCCCCCCOC(C)=O.CCOP(=S)(OCC)Oc1ccc(Cl)cc1Cl.CN(C)P(=O)(F)N(C)C.N#Cc1c(Cl)cccc1Cl.[Na+]. The molecule has 1 N–H and O–H groups in total. The number of nitrogens with zero attached hydrogens (tertiary/aromatic N) is 4. The summed E-state index contributed by atoms with van der Waals surface area (Å²) in [6, 6.07) is 12.6. The van der Waals surface area contributed by atoms with Gasteiger partial charge in [0.25, 0.3) is 5.97 Å². The van der Waals surface area contributed by atoms with Gasteiger partial charge >= 0.3 is 50.0 Å². The van der Waals surface area contributed by atoms with Crippen LogP contribution in [0.15, 0.2) is 36.4 Å². The molecule has 0 spiro atoms. The third-order valence-corrected chi connectivity index (χ3v) is 20.6. The van der Waals surface area contributed by atoms with Gasteiger partial charge in [0.15, 0.2) is 11.6 Å². The number of morpholine rings is 1. The second-order valence-electron chi connectivity index (χ2n) is 24.9. The first-order valence-electron chi connectivity index (χ1n) is 33.4. The maximum Gasteiger partial charge on any atom is 1.00 e. The molecular weight excluding hydrogens is 1390 g/mol. The second-order valence-corrected chi connectivity index (χ2v) is 32.1. The summed E-state index contributed by atoms with van der Waals surface area (Å²) in [5.41, 5.74) is 0.339. The van der Waals surface area contributed by atoms with Gasteiger partial charge in [-0.3, -0.25) is 28.1 Å². The average molecular weight is 1510 g/mol. The van der Waals surface area contributed by atoms with Crippen molar-refractivity contribution < 1.29 is 110 Å². The fourth-order valence-corrected chi connectivity index (χ4v) is 14.5. The van der Waals surface area contributed by atoms with Crippen LogP contribution in [-0.4, -0.2) is 159 Å². The second kappa shape index (κ2) is 50.1. The molecule has 20 nitrogen and oxygen atoms in total. The molecule has 0 bridgehead atoms. The summed E-state index contributed by atoms with van der Waals surface area (Å²) >= 11 is 28.3. The van der Waals surface area contributed by atoms with Crippen LogP contribution in [0.2, 0.25) is 20.1 Å². The number of carboxylic acid groups (broad SMARTS) is 2. The summed E-state index contributed by atoms with van der Waals surface area (Å²) in [4.78, 5) is 33.7. The van der Waals surface area contributed by atoms with E-state index in [-0.39, 0.29) is 42.1 Å². The third-order valence-electron chi connectivity index (χ3n) is 15.1. The van der Waals surface area contributed by atoms with E-state index in [9.17, 15) is 23.5 Å². The normalized spacial score (nSPS) is 22.4. The van der Waals surface area contributed by atoms with E-state index < -0.39 is 62.1 Å². The third kappa shape index (κ3) is 38.3. The predicted molar refractivity (Wildman–Crippen MR) is 377 cm³/mol. The number of carbonyl (C=O) groups is 3. The molecule has 2 unspecified atom stereocenters. The molecule has 6 atom stereocenters. The Morgan fingerprint density at radius 2 is 1.22 bits per heavy atom. The molecule has 0 amide bonds. The molecule has 0 aromatic heterocycles. The van der Waals surface area contributed by atoms with Crippen molar-refractivity contribution in [2.75, 3.05) is 67.7 Å². The molecule has 1 saturated carbocycles. The van der Waals surface area contributed by atoms with Crippen LogP contribution in [0, 0.1) is 11.3 Å². The van der Waals surface area contributed by atoms with Gasteiger partial charge in [0, 0.05) is 49.8 Å². The number of fused-ring (bicyclic) bond motifs is 3. The number of ether oxygens (including phenoxy) is 7. The zero-order chi connectivity index (χ0) is 72.0. The number of carbonyl (C=O) groups excluding carboxylic acids is 2. The zero-order valence-electron chi connectivity index (χ0n) is 60.1. The maximum atomic E-state index is 12.7. The van der Waals surface area contributed by atoms with E-state index in [2.05, 4.69) is 25.7 Å². The van der Waals surface area contributed by atoms with Gasteiger partial charge in [0.2, 0.25) is 5.79 Å². The minimum atomic E-state index is -3.67. The van der Waals surface area contributed by atoms with Gasteiger partial charge in [-0.1, -0.05) is 175 Å². The van der Waals surface area contributed by atoms with Crippen molar-refractivity contribution in [2.24, 2.45) is 0 Å². The molecule has 2 aromatic carbocycles. The zero-order valence-corrected chi connectivity index (χ0v) is 67.7. The fourth-order valence-electron chi connectivity index (χ4n) is 10.7. The van der Waals surface area contributed by atoms with Gasteiger partial charge in [0.05, 0.1) is 59.3 Å². The van der Waals surface area contributed by atoms with Crippen LogP contribution < -0.4 is 39.2 Å². The molecule has 548 valence electrons. The molecule has 96 heavy (non-hydrogen) atoms. The molecule has 4 saturated heterocycles. The Morgan fingerprint density at radius 1 is 0.750 bits per heavy atom. The Hall–Kier alpha value is -1.33. The summed E-state index contributed by atoms with van der Waals surface area (Å²) in [7, 11) is 2.11. The number of unbranched alkanes of at least 4 members (excludes halogenated alkanes) is 9. The first kappa shape index (κ1) is 94.7. The summed E-state index contributed by atoms with van der Waals surface area (Å²) < 4.78 is 80.5. The molecule has 5 fully saturated rings. The summed E-state index contributed by atoms with van der Waals surface area (Å²) in [5.74, 6) is -5.84. The predicted octanol–water partition coefficient (Wildman–Crippen LogP) is 14.2. The van der Waals surface area contributed by atoms with E-state index in [1.807, 2.05) is 19.9 Å². The van der Waals surface area contributed by atoms with E-state index in [1.165, 1.54) is 164 Å². The Morgan fingerprint density at radius 3 is 1.62 bits per heavy atom. The standard InChI is InChI=1S/C18H35NO.C14H28O2.C12H18O7.C10H13Cl2O3PS.C7H3Cl2N.C4H12FN2OP.C2H4O2.Na/c1-16-14-19(15-17(2)20-16)18-12-10-8-6-4-3-5-7-9-11-13-18;1-3-4-5-6-7-8-9-10-11-12-13-16-14(2)15;1-10(2)15-5-6-7(17-10)8-12(16-6,9(13)14)19-11(3,4)18-8;1-3-13-16(17,14-4-2)15-10-6-5-8(11)7-9(10)12;8-6-2-1-3-7(9)5(6)4-10;1-6(2)9(5,8)7(3)4;1-2(3)4;/h16-18H,3-15H2,1-2H3;3-13H2,1-2H3;6-8H,5H2,1-4H3,(H,13,14);5-7H,3-4H2,1-2H3;1-3H;1-4H3;1H3,(H,3,4);/q;;;;;;;+1/p-1/t;;6-,7+,8-,12+;;;;;/m..0...../s1. The number of hydrogen-bond donors (Lipinski definition) is 1. The van der Waals surface area contributed by atoms with Gasteiger partial charge < -0.3 is 52.7 Å². The van der Waals surface area contributed by atoms with Gasteiger partial charge in [-0.05, 0) is 133 Å². The quantitative estimate of drug-likeness (QED) is 0.0529. The van der Waals surface area contributed by atoms with Crippen LogP contribution in [-0.2, 0) is 73.0 Å². The first-order chi connectivity index (χ1) is 44.6. The van der Waals surface area contributed by atoms with Crippen LogP contribution >= 0.6 is 60.9 Å². The van der Waals surface area contributed by atoms with E-state index in [0.717, 1.165) is 41.8 Å². The molecular formula is C67H112Cl4FN4NaO16P2S. The minimum Gasteiger partial charge on any atom is -0.544 e. The van der Waals surface area contributed by atoms with Crippen molar-refractivity contribution in [2.45, 2.75) is 265 Å². The number of carboxylic acids is 2. The van der Waals surface area contributed by atoms with Crippen molar-refractivity contribution in [3.05, 3.63) is 62.1 Å². The van der Waals surface area contributed by atoms with Gasteiger partial charge in [-0.25, -0.2) is 9.34 Å². The van der Waals surface area contributed by atoms with E-state index in [4.69, 9.17) is 120 Å². The van der Waals surface area contributed by atoms with Crippen LogP contribution in [0.5, 0.6) is 5.75 Å². The van der Waals surface area contributed by atoms with Crippen molar-refractivity contribution in [1.29, 1.82) is 5.26 Å². The van der Waals surface area contributed by atoms with Gasteiger partial charge in [0.1, 0.15) is 36.1 Å². The van der Waals surface area contributed by atoms with Crippen LogP contribution in [0.1, 0.15) is 217 Å². The van der Waals surface area contributed by atoms with Gasteiger partial charge in [-0.15, -0.1) is 0 Å². The Kier molecular flexibility index (Phi) is 49.4. The molecule has 0 radical (unpaired) electrons. The van der Waals surface area contributed by atoms with Crippen LogP contribution in [0.4, 0.5) is 4.20 Å². The number of rotatable bonds is 21. The average Bonchev–Trinajstić information content (AvgIpc) is 1.56. The number of benzene rings is 2. The van der Waals surface area contributed by atoms with Gasteiger partial charge in [-0.2, -0.15) is 9.46 Å². The largest absolute Gasteiger partial charge is 1.00 e. The smallest absolute Gasteiger partial charge is 0.544 e. The van der Waals surface area contributed by atoms with Crippen molar-refractivity contribution in [3.8, 4) is 11.8 Å². The van der Waals surface area contributed by atoms with E-state index >= 15 is 0 Å². The molecule has 2 aromatic rings. The monoisotopic (exact) mass is 1500 g/mol. The Bertz CT molecular complexity index is 2610. The fraction of sp³-hybridized carbons (Fsp3) is 0.761. The van der Waals surface area contributed by atoms with Crippen molar-refractivity contribution in [1.82, 2.24) is 14.2 Å². The van der Waals surface area contributed by atoms with Crippen molar-refractivity contribution >= 4 is 90.6 Å². The topological polar surface area (TPSA) is 237 Å². The van der Waals surface area contributed by atoms with Crippen LogP contribution in [0.25, 0.3) is 0 Å². The summed E-state index contributed by atoms with van der Waals surface area (Å²) in [6.45, 7) is 20.9. The molecule has 4 aliphatic heterocycles. The minimum absolute atomic E-state index is 0. The number of aliphatic carboxylic acids is 2. The van der Waals surface area contributed by atoms with Crippen LogP contribution in [0.3, 0.4) is 0 Å². The van der Waals surface area contributed by atoms with E-state index in [0.29, 0.717) is 63.4 Å². The molecule has 5 aliphatic rings. The Balaban J connectivity index is 0.00000113. The Labute approximate surface area is 621 Å². The molecule has 29 heteroatoms. The summed E-state index contributed by atoms with van der Waals surface area (Å²) in [6.07, 6.45) is 27.9.